The number of thiophene rings is 1. The van der Waals surface area contributed by atoms with Gasteiger partial charge in [-0.25, -0.2) is 0 Å². The van der Waals surface area contributed by atoms with Crippen LogP contribution in [0.2, 0.25) is 0 Å². The predicted molar refractivity (Wildman–Crippen MR) is 109 cm³/mol. The van der Waals surface area contributed by atoms with Gasteiger partial charge in [0, 0.05) is 22.3 Å². The molecule has 0 radical (unpaired) electrons. The van der Waals surface area contributed by atoms with Gasteiger partial charge in [-0.1, -0.05) is 42.5 Å². The lowest BCUT2D eigenvalue weighted by molar-refractivity contribution is -0.118. The van der Waals surface area contributed by atoms with Gasteiger partial charge in [0.15, 0.2) is 0 Å². The van der Waals surface area contributed by atoms with Gasteiger partial charge in [-0.3, -0.25) is 4.79 Å². The van der Waals surface area contributed by atoms with Crippen LogP contribution in [0, 0.1) is 0 Å². The first-order valence-corrected chi connectivity index (χ1v) is 9.85. The number of carbonyl (C=O) groups is 1. The Labute approximate surface area is 158 Å². The maximum Gasteiger partial charge on any atom is 0.232 e. The van der Waals surface area contributed by atoms with Crippen molar-refractivity contribution in [2.24, 2.45) is 0 Å². The monoisotopic (exact) mass is 362 g/mol. The molecule has 0 spiro atoms. The molecule has 0 bridgehead atoms. The summed E-state index contributed by atoms with van der Waals surface area (Å²) in [5.74, 6) is 0.172. The highest BCUT2D eigenvalue weighted by Gasteiger charge is 2.33. The van der Waals surface area contributed by atoms with Crippen molar-refractivity contribution in [2.45, 2.75) is 31.8 Å². The second kappa shape index (κ2) is 7.34. The number of amides is 1. The average molecular weight is 362 g/mol. The van der Waals surface area contributed by atoms with Crippen molar-refractivity contribution >= 4 is 28.6 Å². The van der Waals surface area contributed by atoms with Crippen molar-refractivity contribution in [3.8, 4) is 0 Å². The van der Waals surface area contributed by atoms with Crippen LogP contribution in [0.4, 0.5) is 11.4 Å². The van der Waals surface area contributed by atoms with Crippen molar-refractivity contribution in [1.29, 1.82) is 0 Å². The fraction of sp³-hybridized carbons (Fsp3) is 0.227. The van der Waals surface area contributed by atoms with Crippen molar-refractivity contribution in [1.82, 2.24) is 0 Å². The fourth-order valence-electron chi connectivity index (χ4n) is 3.71. The molecule has 2 heterocycles. The molecule has 1 N–H and O–H groups in total. The van der Waals surface area contributed by atoms with Gasteiger partial charge in [-0.15, -0.1) is 11.3 Å². The predicted octanol–water partition coefficient (Wildman–Crippen LogP) is 5.27. The Hall–Kier alpha value is -2.59. The zero-order valence-corrected chi connectivity index (χ0v) is 15.6. The molecule has 2 aromatic carbocycles. The van der Waals surface area contributed by atoms with Crippen molar-refractivity contribution < 1.29 is 4.79 Å². The molecule has 1 amide bonds. The van der Waals surface area contributed by atoms with E-state index in [-0.39, 0.29) is 18.0 Å². The minimum Gasteiger partial charge on any atom is -0.378 e. The van der Waals surface area contributed by atoms with Crippen molar-refractivity contribution in [3.05, 3.63) is 82.6 Å². The van der Waals surface area contributed by atoms with Crippen LogP contribution in [0.1, 0.15) is 29.8 Å². The normalized spacial score (nSPS) is 19.0. The molecular formula is C22H22N2OS. The molecule has 1 aliphatic rings. The van der Waals surface area contributed by atoms with Gasteiger partial charge in [0.25, 0.3) is 0 Å². The number of hydrogen-bond acceptors (Lipinski definition) is 3. The van der Waals surface area contributed by atoms with Crippen molar-refractivity contribution in [3.63, 3.8) is 0 Å². The minimum absolute atomic E-state index is 0.151. The summed E-state index contributed by atoms with van der Waals surface area (Å²) in [6, 6.07) is 22.9. The van der Waals surface area contributed by atoms with E-state index >= 15 is 0 Å². The van der Waals surface area contributed by atoms with Gasteiger partial charge in [0.2, 0.25) is 5.91 Å². The fourth-order valence-corrected chi connectivity index (χ4v) is 4.41. The number of benzene rings is 2. The second-order valence-corrected chi connectivity index (χ2v) is 7.76. The number of carbonyl (C=O) groups excluding carboxylic acids is 1. The third kappa shape index (κ3) is 3.37. The summed E-state index contributed by atoms with van der Waals surface area (Å²) in [7, 11) is 0. The Morgan fingerprint density at radius 2 is 1.85 bits per heavy atom. The third-order valence-electron chi connectivity index (χ3n) is 4.88. The summed E-state index contributed by atoms with van der Waals surface area (Å²) in [6.07, 6.45) is 1.36. The lowest BCUT2D eigenvalue weighted by atomic mass is 9.91. The molecule has 0 saturated heterocycles. The lowest BCUT2D eigenvalue weighted by Crippen LogP contribution is -2.45. The van der Waals surface area contributed by atoms with Gasteiger partial charge < -0.3 is 10.2 Å². The van der Waals surface area contributed by atoms with E-state index in [2.05, 4.69) is 42.6 Å². The third-order valence-corrected chi connectivity index (χ3v) is 5.75. The zero-order valence-electron chi connectivity index (χ0n) is 14.8. The quantitative estimate of drug-likeness (QED) is 0.686. The van der Waals surface area contributed by atoms with Crippen LogP contribution in [0.5, 0.6) is 0 Å². The molecule has 1 aromatic heterocycles. The standard InChI is InChI=1S/C22H22N2OS/c1-16-14-20(23-17-8-3-2-4-9-17)19-11-5-6-12-21(19)24(16)22(25)15-18-10-7-13-26-18/h2-13,16,20,23H,14-15H2,1H3/t16-,20+/m0/s1. The Morgan fingerprint density at radius 1 is 1.08 bits per heavy atom. The number of para-hydroxylation sites is 2. The van der Waals surface area contributed by atoms with E-state index in [0.29, 0.717) is 6.42 Å². The molecule has 0 unspecified atom stereocenters. The van der Waals surface area contributed by atoms with Gasteiger partial charge in [-0.2, -0.15) is 0 Å². The molecule has 26 heavy (non-hydrogen) atoms. The number of fused-ring (bicyclic) bond motifs is 1. The van der Waals surface area contributed by atoms with Crippen LogP contribution < -0.4 is 10.2 Å². The molecule has 3 aromatic rings. The molecule has 0 aliphatic carbocycles. The molecule has 0 fully saturated rings. The maximum atomic E-state index is 13.0. The molecule has 4 rings (SSSR count). The summed E-state index contributed by atoms with van der Waals surface area (Å²) in [5, 5.41) is 5.66. The number of nitrogens with zero attached hydrogens (tertiary/aromatic N) is 1. The molecular weight excluding hydrogens is 340 g/mol. The molecule has 0 saturated carbocycles. The van der Waals surface area contributed by atoms with Crippen molar-refractivity contribution in [2.75, 3.05) is 10.2 Å². The van der Waals surface area contributed by atoms with E-state index in [9.17, 15) is 4.79 Å². The Bertz CT molecular complexity index is 876. The highest BCUT2D eigenvalue weighted by Crippen LogP contribution is 2.39. The number of nitrogens with one attached hydrogen (secondary N) is 1. The highest BCUT2D eigenvalue weighted by molar-refractivity contribution is 7.10. The van der Waals surface area contributed by atoms with Crippen LogP contribution >= 0.6 is 11.3 Å². The maximum absolute atomic E-state index is 13.0. The number of rotatable bonds is 4. The summed E-state index contributed by atoms with van der Waals surface area (Å²) >= 11 is 1.64. The van der Waals surface area contributed by atoms with E-state index in [4.69, 9.17) is 0 Å². The lowest BCUT2D eigenvalue weighted by Gasteiger charge is -2.40. The van der Waals surface area contributed by atoms with Gasteiger partial charge in [0.1, 0.15) is 0 Å². The number of anilines is 2. The topological polar surface area (TPSA) is 32.3 Å². The van der Waals surface area contributed by atoms with Crippen LogP contribution in [0.3, 0.4) is 0 Å². The molecule has 132 valence electrons. The second-order valence-electron chi connectivity index (χ2n) is 6.73. The summed E-state index contributed by atoms with van der Waals surface area (Å²) in [4.78, 5) is 16.1. The van der Waals surface area contributed by atoms with E-state index in [1.807, 2.05) is 46.7 Å². The Morgan fingerprint density at radius 3 is 2.62 bits per heavy atom. The largest absolute Gasteiger partial charge is 0.378 e. The van der Waals surface area contributed by atoms with E-state index in [1.54, 1.807) is 11.3 Å². The van der Waals surface area contributed by atoms with Crippen LogP contribution in [0.15, 0.2) is 72.1 Å². The molecule has 1 aliphatic heterocycles. The van der Waals surface area contributed by atoms with Gasteiger partial charge >= 0.3 is 0 Å². The molecule has 4 heteroatoms. The van der Waals surface area contributed by atoms with Gasteiger partial charge in [0.05, 0.1) is 12.5 Å². The number of hydrogen-bond donors (Lipinski definition) is 1. The zero-order chi connectivity index (χ0) is 17.9. The SMILES string of the molecule is C[C@H]1C[C@@H](Nc2ccccc2)c2ccccc2N1C(=O)Cc1cccs1. The van der Waals surface area contributed by atoms with E-state index in [0.717, 1.165) is 22.7 Å². The van der Waals surface area contributed by atoms with Crippen LogP contribution in [0.25, 0.3) is 0 Å². The summed E-state index contributed by atoms with van der Waals surface area (Å²) in [5.41, 5.74) is 3.33. The first kappa shape index (κ1) is 16.9. The average Bonchev–Trinajstić information content (AvgIpc) is 3.15. The summed E-state index contributed by atoms with van der Waals surface area (Å²) in [6.45, 7) is 2.14. The summed E-state index contributed by atoms with van der Waals surface area (Å²) < 4.78 is 0. The highest BCUT2D eigenvalue weighted by atomic mass is 32.1. The first-order chi connectivity index (χ1) is 12.7. The Balaban J connectivity index is 1.62. The molecule has 3 nitrogen and oxygen atoms in total. The van der Waals surface area contributed by atoms with Crippen LogP contribution in [-0.4, -0.2) is 11.9 Å². The molecule has 2 atom stereocenters. The first-order valence-electron chi connectivity index (χ1n) is 8.97. The minimum atomic E-state index is 0.151. The van der Waals surface area contributed by atoms with E-state index < -0.39 is 0 Å². The van der Waals surface area contributed by atoms with Gasteiger partial charge in [-0.05, 0) is 48.6 Å². The smallest absolute Gasteiger partial charge is 0.232 e. The Kier molecular flexibility index (Phi) is 4.76. The van der Waals surface area contributed by atoms with Crippen LogP contribution in [-0.2, 0) is 11.2 Å². The van der Waals surface area contributed by atoms with E-state index in [1.165, 1.54) is 5.56 Å².